The largest absolute Gasteiger partial charge is 0.393 e. The molecule has 1 aliphatic heterocycles. The van der Waals surface area contributed by atoms with Gasteiger partial charge in [-0.15, -0.1) is 0 Å². The molecule has 0 aromatic rings. The van der Waals surface area contributed by atoms with Crippen molar-refractivity contribution in [2.75, 3.05) is 6.54 Å². The van der Waals surface area contributed by atoms with Gasteiger partial charge in [-0.2, -0.15) is 0 Å². The lowest BCUT2D eigenvalue weighted by Gasteiger charge is -2.31. The van der Waals surface area contributed by atoms with E-state index in [-0.39, 0.29) is 6.10 Å². The summed E-state index contributed by atoms with van der Waals surface area (Å²) in [6, 6.07) is 0.550. The van der Waals surface area contributed by atoms with Crippen molar-refractivity contribution in [1.29, 1.82) is 0 Å². The van der Waals surface area contributed by atoms with Gasteiger partial charge in [0.1, 0.15) is 0 Å². The van der Waals surface area contributed by atoms with Crippen LogP contribution < -0.4 is 5.32 Å². The molecule has 3 unspecified atom stereocenters. The third kappa shape index (κ3) is 2.46. The smallest absolute Gasteiger partial charge is 0.0578 e. The van der Waals surface area contributed by atoms with E-state index in [1.165, 1.54) is 19.3 Å². The van der Waals surface area contributed by atoms with Crippen LogP contribution in [0.5, 0.6) is 0 Å². The van der Waals surface area contributed by atoms with Crippen LogP contribution in [0.4, 0.5) is 0 Å². The lowest BCUT2D eigenvalue weighted by Crippen LogP contribution is -2.43. The molecule has 2 heteroatoms. The molecule has 2 nitrogen and oxygen atoms in total. The summed E-state index contributed by atoms with van der Waals surface area (Å²) in [4.78, 5) is 0. The molecule has 0 bridgehead atoms. The van der Waals surface area contributed by atoms with E-state index in [2.05, 4.69) is 12.2 Å². The predicted octanol–water partition coefficient (Wildman–Crippen LogP) is 1.54. The maximum Gasteiger partial charge on any atom is 0.0578 e. The summed E-state index contributed by atoms with van der Waals surface area (Å²) < 4.78 is 0. The zero-order valence-corrected chi connectivity index (χ0v) is 8.21. The quantitative estimate of drug-likeness (QED) is 0.675. The van der Waals surface area contributed by atoms with Gasteiger partial charge < -0.3 is 10.4 Å². The number of piperidine rings is 1. The van der Waals surface area contributed by atoms with Crippen LogP contribution in [0.3, 0.4) is 0 Å². The third-order valence-electron chi connectivity index (χ3n) is 3.01. The molecular formula is C10H21NO. The highest BCUT2D eigenvalue weighted by Crippen LogP contribution is 2.19. The van der Waals surface area contributed by atoms with Crippen LogP contribution in [0.15, 0.2) is 0 Å². The second kappa shape index (κ2) is 4.83. The lowest BCUT2D eigenvalue weighted by atomic mass is 9.88. The monoisotopic (exact) mass is 171 g/mol. The van der Waals surface area contributed by atoms with Crippen LogP contribution in [0.1, 0.15) is 39.5 Å². The first kappa shape index (κ1) is 10.0. The second-order valence-corrected chi connectivity index (χ2v) is 3.89. The van der Waals surface area contributed by atoms with E-state index in [1.54, 1.807) is 0 Å². The van der Waals surface area contributed by atoms with Gasteiger partial charge in [0.15, 0.2) is 0 Å². The van der Waals surface area contributed by atoms with Crippen LogP contribution in [-0.2, 0) is 0 Å². The van der Waals surface area contributed by atoms with Gasteiger partial charge in [0.05, 0.1) is 6.10 Å². The Balaban J connectivity index is 2.33. The maximum absolute atomic E-state index is 9.64. The van der Waals surface area contributed by atoms with Gasteiger partial charge in [-0.05, 0) is 31.7 Å². The highest BCUT2D eigenvalue weighted by molar-refractivity contribution is 4.80. The van der Waals surface area contributed by atoms with Crippen LogP contribution in [-0.4, -0.2) is 23.8 Å². The standard InChI is InChI=1S/C10H21NO/c1-3-10(12)8(2)9-6-4-5-7-11-9/h8-12H,3-7H2,1-2H3. The summed E-state index contributed by atoms with van der Waals surface area (Å²) in [6.45, 7) is 5.33. The Morgan fingerprint density at radius 1 is 1.50 bits per heavy atom. The molecule has 1 saturated heterocycles. The fraction of sp³-hybridized carbons (Fsp3) is 1.00. The summed E-state index contributed by atoms with van der Waals surface area (Å²) >= 11 is 0. The van der Waals surface area contributed by atoms with Crippen molar-refractivity contribution >= 4 is 0 Å². The van der Waals surface area contributed by atoms with Crippen LogP contribution in [0, 0.1) is 5.92 Å². The number of rotatable bonds is 3. The third-order valence-corrected chi connectivity index (χ3v) is 3.01. The van der Waals surface area contributed by atoms with E-state index in [0.29, 0.717) is 12.0 Å². The van der Waals surface area contributed by atoms with Crippen LogP contribution >= 0.6 is 0 Å². The fourth-order valence-electron chi connectivity index (χ4n) is 1.97. The number of aliphatic hydroxyl groups excluding tert-OH is 1. The van der Waals surface area contributed by atoms with Gasteiger partial charge in [0.2, 0.25) is 0 Å². The average Bonchev–Trinajstić information content (AvgIpc) is 2.17. The minimum absolute atomic E-state index is 0.124. The molecule has 1 rings (SSSR count). The fourth-order valence-corrected chi connectivity index (χ4v) is 1.97. The number of hydrogen-bond acceptors (Lipinski definition) is 2. The molecule has 0 aliphatic carbocycles. The molecule has 12 heavy (non-hydrogen) atoms. The first-order valence-electron chi connectivity index (χ1n) is 5.17. The molecule has 0 aromatic heterocycles. The zero-order valence-electron chi connectivity index (χ0n) is 8.21. The number of hydrogen-bond donors (Lipinski definition) is 2. The van der Waals surface area contributed by atoms with E-state index in [9.17, 15) is 5.11 Å². The minimum Gasteiger partial charge on any atom is -0.393 e. The molecule has 0 amide bonds. The first-order valence-corrected chi connectivity index (χ1v) is 5.17. The SMILES string of the molecule is CCC(O)C(C)C1CCCCN1. The van der Waals surface area contributed by atoms with Crippen LogP contribution in [0.2, 0.25) is 0 Å². The Labute approximate surface area is 75.4 Å². The van der Waals surface area contributed by atoms with Crippen molar-refractivity contribution in [3.63, 3.8) is 0 Å². The molecule has 0 spiro atoms. The highest BCUT2D eigenvalue weighted by Gasteiger charge is 2.23. The Morgan fingerprint density at radius 3 is 2.75 bits per heavy atom. The van der Waals surface area contributed by atoms with Crippen molar-refractivity contribution < 1.29 is 5.11 Å². The zero-order chi connectivity index (χ0) is 8.97. The molecule has 72 valence electrons. The summed E-state index contributed by atoms with van der Waals surface area (Å²) in [5.41, 5.74) is 0. The Bertz CT molecular complexity index is 121. The summed E-state index contributed by atoms with van der Waals surface area (Å²) in [5.74, 6) is 0.412. The van der Waals surface area contributed by atoms with E-state index in [1.807, 2.05) is 6.92 Å². The van der Waals surface area contributed by atoms with Crippen molar-refractivity contribution in [1.82, 2.24) is 5.32 Å². The molecule has 1 fully saturated rings. The number of aliphatic hydroxyl groups is 1. The van der Waals surface area contributed by atoms with Gasteiger partial charge in [-0.3, -0.25) is 0 Å². The molecule has 3 atom stereocenters. The maximum atomic E-state index is 9.64. The van der Waals surface area contributed by atoms with Gasteiger partial charge in [0, 0.05) is 6.04 Å². The Kier molecular flexibility index (Phi) is 4.02. The molecule has 1 aliphatic rings. The topological polar surface area (TPSA) is 32.3 Å². The van der Waals surface area contributed by atoms with Gasteiger partial charge in [-0.25, -0.2) is 0 Å². The average molecular weight is 171 g/mol. The summed E-state index contributed by atoms with van der Waals surface area (Å²) in [7, 11) is 0. The van der Waals surface area contributed by atoms with Crippen molar-refractivity contribution in [3.8, 4) is 0 Å². The minimum atomic E-state index is -0.124. The van der Waals surface area contributed by atoms with Gasteiger partial charge in [-0.1, -0.05) is 20.3 Å². The van der Waals surface area contributed by atoms with Gasteiger partial charge >= 0.3 is 0 Å². The molecule has 1 heterocycles. The summed E-state index contributed by atoms with van der Waals surface area (Å²) in [6.07, 6.45) is 4.60. The molecule has 0 saturated carbocycles. The Morgan fingerprint density at radius 2 is 2.25 bits per heavy atom. The van der Waals surface area contributed by atoms with Crippen LogP contribution in [0.25, 0.3) is 0 Å². The van der Waals surface area contributed by atoms with E-state index in [0.717, 1.165) is 13.0 Å². The van der Waals surface area contributed by atoms with E-state index < -0.39 is 0 Å². The van der Waals surface area contributed by atoms with E-state index >= 15 is 0 Å². The van der Waals surface area contributed by atoms with Crippen molar-refractivity contribution in [2.45, 2.75) is 51.7 Å². The number of nitrogens with one attached hydrogen (secondary N) is 1. The molecule has 0 aromatic carbocycles. The van der Waals surface area contributed by atoms with Gasteiger partial charge in [0.25, 0.3) is 0 Å². The molecule has 0 radical (unpaired) electrons. The highest BCUT2D eigenvalue weighted by atomic mass is 16.3. The lowest BCUT2D eigenvalue weighted by molar-refractivity contribution is 0.0831. The normalized spacial score (nSPS) is 29.8. The van der Waals surface area contributed by atoms with Crippen molar-refractivity contribution in [2.24, 2.45) is 5.92 Å². The summed E-state index contributed by atoms with van der Waals surface area (Å²) in [5, 5.41) is 13.1. The second-order valence-electron chi connectivity index (χ2n) is 3.89. The van der Waals surface area contributed by atoms with Crippen molar-refractivity contribution in [3.05, 3.63) is 0 Å². The first-order chi connectivity index (χ1) is 5.75. The molecular weight excluding hydrogens is 150 g/mol. The van der Waals surface area contributed by atoms with E-state index in [4.69, 9.17) is 0 Å². The Hall–Kier alpha value is -0.0800. The molecule has 2 N–H and O–H groups in total. The predicted molar refractivity (Wildman–Crippen MR) is 51.1 cm³/mol.